The monoisotopic (exact) mass is 461 g/mol. The first-order chi connectivity index (χ1) is 16.7. The van der Waals surface area contributed by atoms with Crippen molar-refractivity contribution in [2.75, 3.05) is 50.8 Å². The summed E-state index contributed by atoms with van der Waals surface area (Å²) in [5, 5.41) is 11.0. The summed E-state index contributed by atoms with van der Waals surface area (Å²) < 4.78 is 11.3. The molecule has 0 amide bonds. The van der Waals surface area contributed by atoms with E-state index in [1.54, 1.807) is 0 Å². The molecule has 3 heterocycles. The molecule has 0 saturated carbocycles. The van der Waals surface area contributed by atoms with Gasteiger partial charge in [-0.1, -0.05) is 48.5 Å². The second-order valence-corrected chi connectivity index (χ2v) is 8.98. The van der Waals surface area contributed by atoms with E-state index >= 15 is 0 Å². The molecule has 0 unspecified atom stereocenters. The Labute approximate surface area is 199 Å². The number of aromatic hydroxyl groups is 1. The number of hydrogen-bond acceptors (Lipinski definition) is 7. The van der Waals surface area contributed by atoms with Crippen LogP contribution in [0.3, 0.4) is 0 Å². The first-order valence-corrected chi connectivity index (χ1v) is 11.9. The summed E-state index contributed by atoms with van der Waals surface area (Å²) in [5.74, 6) is 0.0597. The lowest BCUT2D eigenvalue weighted by Gasteiger charge is -2.36. The van der Waals surface area contributed by atoms with Gasteiger partial charge in [0.25, 0.3) is 0 Å². The Morgan fingerprint density at radius 2 is 1.56 bits per heavy atom. The average molecular weight is 462 g/mol. The number of ether oxygens (including phenoxy) is 1. The Morgan fingerprint density at radius 1 is 0.853 bits per heavy atom. The van der Waals surface area contributed by atoms with Gasteiger partial charge in [0.2, 0.25) is 0 Å². The molecular formula is C27H31N3O4. The van der Waals surface area contributed by atoms with Crippen molar-refractivity contribution in [1.29, 1.82) is 0 Å². The van der Waals surface area contributed by atoms with Gasteiger partial charge >= 0.3 is 5.63 Å². The lowest BCUT2D eigenvalue weighted by Crippen LogP contribution is -2.46. The third-order valence-corrected chi connectivity index (χ3v) is 6.74. The predicted octanol–water partition coefficient (Wildman–Crippen LogP) is 3.24. The van der Waals surface area contributed by atoms with Crippen molar-refractivity contribution in [3.63, 3.8) is 0 Å². The number of rotatable bonds is 6. The van der Waals surface area contributed by atoms with Crippen LogP contribution in [0.5, 0.6) is 5.75 Å². The molecule has 178 valence electrons. The van der Waals surface area contributed by atoms with E-state index in [4.69, 9.17) is 9.15 Å². The minimum Gasteiger partial charge on any atom is -0.507 e. The molecule has 7 heteroatoms. The predicted molar refractivity (Wildman–Crippen MR) is 131 cm³/mol. The maximum atomic E-state index is 12.5. The normalized spacial score (nSPS) is 19.9. The van der Waals surface area contributed by atoms with Gasteiger partial charge in [0.05, 0.1) is 18.3 Å². The van der Waals surface area contributed by atoms with Crippen molar-refractivity contribution < 1.29 is 14.3 Å². The van der Waals surface area contributed by atoms with E-state index in [9.17, 15) is 9.90 Å². The Bertz CT molecular complexity index is 1130. The smallest absolute Gasteiger partial charge is 0.343 e. The van der Waals surface area contributed by atoms with E-state index < -0.39 is 5.63 Å². The minimum absolute atomic E-state index is 0.0479. The number of hydrogen-bond donors (Lipinski definition) is 1. The highest BCUT2D eigenvalue weighted by Crippen LogP contribution is 2.27. The van der Waals surface area contributed by atoms with Gasteiger partial charge in [0, 0.05) is 63.6 Å². The molecule has 1 atom stereocenters. The van der Waals surface area contributed by atoms with E-state index in [1.165, 1.54) is 12.0 Å². The van der Waals surface area contributed by atoms with Crippen LogP contribution in [-0.2, 0) is 17.8 Å². The van der Waals surface area contributed by atoms with E-state index in [2.05, 4.69) is 51.1 Å². The highest BCUT2D eigenvalue weighted by Gasteiger charge is 2.25. The van der Waals surface area contributed by atoms with Crippen molar-refractivity contribution in [2.24, 2.45) is 0 Å². The van der Waals surface area contributed by atoms with E-state index in [0.29, 0.717) is 43.9 Å². The molecule has 3 aromatic rings. The topological polar surface area (TPSA) is 69.4 Å². The molecule has 34 heavy (non-hydrogen) atoms. The first-order valence-electron chi connectivity index (χ1n) is 11.9. The third-order valence-electron chi connectivity index (χ3n) is 6.74. The fraction of sp³-hybridized carbons (Fsp3) is 0.370. The largest absolute Gasteiger partial charge is 0.507 e. The molecule has 0 bridgehead atoms. The van der Waals surface area contributed by atoms with E-state index in [-0.39, 0.29) is 11.9 Å². The lowest BCUT2D eigenvalue weighted by molar-refractivity contribution is -0.0334. The van der Waals surface area contributed by atoms with Crippen molar-refractivity contribution in [2.45, 2.75) is 19.2 Å². The van der Waals surface area contributed by atoms with Gasteiger partial charge in [-0.15, -0.1) is 0 Å². The molecule has 0 radical (unpaired) electrons. The van der Waals surface area contributed by atoms with Gasteiger partial charge in [-0.25, -0.2) is 4.79 Å². The fourth-order valence-electron chi connectivity index (χ4n) is 4.78. The maximum absolute atomic E-state index is 12.5. The minimum atomic E-state index is -0.474. The molecular weight excluding hydrogens is 430 g/mol. The molecule has 1 aromatic heterocycles. The molecule has 2 aromatic carbocycles. The van der Waals surface area contributed by atoms with Crippen molar-refractivity contribution in [1.82, 2.24) is 9.80 Å². The quantitative estimate of drug-likeness (QED) is 0.604. The molecule has 5 rings (SSSR count). The van der Waals surface area contributed by atoms with E-state index in [0.717, 1.165) is 31.7 Å². The number of nitrogens with zero attached hydrogens (tertiary/aromatic N) is 3. The molecule has 7 nitrogen and oxygen atoms in total. The average Bonchev–Trinajstić information content (AvgIpc) is 2.90. The zero-order valence-corrected chi connectivity index (χ0v) is 19.3. The number of morpholine rings is 1. The first kappa shape index (κ1) is 22.7. The van der Waals surface area contributed by atoms with Crippen molar-refractivity contribution >= 4 is 5.69 Å². The van der Waals surface area contributed by atoms with Crippen LogP contribution in [0, 0.1) is 0 Å². The molecule has 2 aliphatic heterocycles. The Kier molecular flexibility index (Phi) is 6.94. The molecule has 2 saturated heterocycles. The highest BCUT2D eigenvalue weighted by molar-refractivity contribution is 5.46. The van der Waals surface area contributed by atoms with Crippen LogP contribution in [0.4, 0.5) is 5.69 Å². The van der Waals surface area contributed by atoms with Crippen LogP contribution < -0.4 is 10.5 Å². The zero-order chi connectivity index (χ0) is 23.3. The molecule has 2 fully saturated rings. The van der Waals surface area contributed by atoms with Gasteiger partial charge in [-0.3, -0.25) is 9.80 Å². The number of anilines is 1. The molecule has 2 aliphatic rings. The fourth-order valence-corrected chi connectivity index (χ4v) is 4.78. The van der Waals surface area contributed by atoms with Crippen LogP contribution in [-0.4, -0.2) is 60.8 Å². The van der Waals surface area contributed by atoms with Crippen LogP contribution in [0.15, 0.2) is 76.1 Å². The number of piperazine rings is 1. The summed E-state index contributed by atoms with van der Waals surface area (Å²) in [6, 6.07) is 20.5. The summed E-state index contributed by atoms with van der Waals surface area (Å²) in [4.78, 5) is 19.3. The molecule has 0 aliphatic carbocycles. The van der Waals surface area contributed by atoms with Crippen molar-refractivity contribution in [3.05, 3.63) is 94.0 Å². The number of benzene rings is 2. The second kappa shape index (κ2) is 10.4. The molecule has 0 spiro atoms. The lowest BCUT2D eigenvalue weighted by atomic mass is 10.1. The Balaban J connectivity index is 1.23. The van der Waals surface area contributed by atoms with Gasteiger partial charge in [-0.05, 0) is 17.7 Å². The van der Waals surface area contributed by atoms with Crippen LogP contribution in [0.2, 0.25) is 0 Å². The van der Waals surface area contributed by atoms with Crippen LogP contribution >= 0.6 is 0 Å². The van der Waals surface area contributed by atoms with Gasteiger partial charge < -0.3 is 19.2 Å². The van der Waals surface area contributed by atoms with Crippen LogP contribution in [0.1, 0.15) is 22.8 Å². The van der Waals surface area contributed by atoms with Gasteiger partial charge in [0.15, 0.2) is 0 Å². The summed E-state index contributed by atoms with van der Waals surface area (Å²) in [7, 11) is 0. The van der Waals surface area contributed by atoms with Gasteiger partial charge in [-0.2, -0.15) is 0 Å². The van der Waals surface area contributed by atoms with E-state index in [1.807, 2.05) is 24.3 Å². The number of para-hydroxylation sites is 1. The van der Waals surface area contributed by atoms with Crippen molar-refractivity contribution in [3.8, 4) is 5.75 Å². The standard InChI is InChI=1S/C27H31N3O4/c31-26-22(17-28-11-13-30(14-12-28)23-9-5-2-6-10-23)20-34-27(32)24(26)18-29-15-16-33-25(19-29)21-7-3-1-4-8-21/h1-10,20,25,31H,11-19H2/t25-/m0/s1. The Hall–Kier alpha value is -3.13. The zero-order valence-electron chi connectivity index (χ0n) is 19.3. The Morgan fingerprint density at radius 3 is 2.29 bits per heavy atom. The molecule has 1 N–H and O–H groups in total. The van der Waals surface area contributed by atoms with Crippen LogP contribution in [0.25, 0.3) is 0 Å². The second-order valence-electron chi connectivity index (χ2n) is 8.98. The SMILES string of the molecule is O=c1occ(CN2CCN(c3ccccc3)CC2)c(O)c1CN1CCO[C@H](c2ccccc2)C1. The summed E-state index contributed by atoms with van der Waals surface area (Å²) >= 11 is 0. The summed E-state index contributed by atoms with van der Waals surface area (Å²) in [6.07, 6.45) is 1.37. The summed E-state index contributed by atoms with van der Waals surface area (Å²) in [6.45, 7) is 6.44. The highest BCUT2D eigenvalue weighted by atomic mass is 16.5. The third kappa shape index (κ3) is 5.17. The van der Waals surface area contributed by atoms with Gasteiger partial charge in [0.1, 0.15) is 12.0 Å². The maximum Gasteiger partial charge on any atom is 0.343 e. The summed E-state index contributed by atoms with van der Waals surface area (Å²) in [5.41, 5.74) is 2.87.